The van der Waals surface area contributed by atoms with E-state index in [4.69, 9.17) is 17.0 Å². The predicted molar refractivity (Wildman–Crippen MR) is 46.0 cm³/mol. The summed E-state index contributed by atoms with van der Waals surface area (Å²) in [5, 5.41) is 3.12. The van der Waals surface area contributed by atoms with Gasteiger partial charge in [-0.1, -0.05) is 12.2 Å². The Morgan fingerprint density at radius 1 is 1.73 bits per heavy atom. The van der Waals surface area contributed by atoms with Crippen LogP contribution in [0.25, 0.3) is 0 Å². The Morgan fingerprint density at radius 3 is 2.91 bits per heavy atom. The number of H-pyrrole nitrogens is 1. The van der Waals surface area contributed by atoms with Gasteiger partial charge in [-0.3, -0.25) is 9.78 Å². The molecule has 11 heavy (non-hydrogen) atoms. The largest absolute Gasteiger partial charge is 0.378 e. The predicted octanol–water partition coefficient (Wildman–Crippen LogP) is 1.71. The van der Waals surface area contributed by atoms with Gasteiger partial charge < -0.3 is 4.74 Å². The van der Waals surface area contributed by atoms with Crippen LogP contribution >= 0.6 is 12.2 Å². The molecule has 0 radical (unpaired) electrons. The number of nitrogens with zero attached hydrogens (tertiary/aromatic N) is 1. The summed E-state index contributed by atoms with van der Waals surface area (Å²) in [5.74, 6) is 0. The summed E-state index contributed by atoms with van der Waals surface area (Å²) in [4.78, 5) is 0. The topological polar surface area (TPSA) is 29.9 Å². The van der Waals surface area contributed by atoms with E-state index in [0.29, 0.717) is 6.61 Å². The molecule has 0 atom stereocenters. The van der Waals surface area contributed by atoms with E-state index < -0.39 is 0 Å². The minimum absolute atomic E-state index is 0.594. The van der Waals surface area contributed by atoms with Crippen LogP contribution in [0.2, 0.25) is 0 Å². The molecule has 0 saturated heterocycles. The van der Waals surface area contributed by atoms with Crippen LogP contribution in [0, 0.1) is 4.64 Å². The van der Waals surface area contributed by atoms with Crippen LogP contribution in [-0.4, -0.2) is 16.9 Å². The van der Waals surface area contributed by atoms with Crippen LogP contribution in [0.15, 0.2) is 6.07 Å². The summed E-state index contributed by atoms with van der Waals surface area (Å²) in [6, 6.07) is 1.92. The number of hydrogen-bond acceptors (Lipinski definition) is 2. The fourth-order valence-corrected chi connectivity index (χ4v) is 1.27. The molecule has 62 valence electrons. The third-order valence-corrected chi connectivity index (χ3v) is 1.80. The van der Waals surface area contributed by atoms with Gasteiger partial charge in [0.1, 0.15) is 4.64 Å². The second-order valence-corrected chi connectivity index (χ2v) is 2.72. The van der Waals surface area contributed by atoms with E-state index in [1.165, 1.54) is 0 Å². The Hall–Kier alpha value is -0.610. The third kappa shape index (κ3) is 1.91. The molecule has 0 aliphatic carbocycles. The Morgan fingerprint density at radius 2 is 2.45 bits per heavy atom. The van der Waals surface area contributed by atoms with Gasteiger partial charge >= 0.3 is 0 Å². The van der Waals surface area contributed by atoms with E-state index in [2.05, 4.69) is 5.10 Å². The Kier molecular flexibility index (Phi) is 2.84. The first kappa shape index (κ1) is 8.49. The highest BCUT2D eigenvalue weighted by molar-refractivity contribution is 7.71. The number of methoxy groups -OCH3 is 1. The lowest BCUT2D eigenvalue weighted by atomic mass is 10.5. The number of aromatic amines is 1. The van der Waals surface area contributed by atoms with Gasteiger partial charge in [-0.2, -0.15) is 0 Å². The van der Waals surface area contributed by atoms with Crippen molar-refractivity contribution < 1.29 is 4.74 Å². The van der Waals surface area contributed by atoms with Crippen LogP contribution in [-0.2, 0) is 17.9 Å². The molecule has 4 heteroatoms. The molecule has 0 aliphatic rings. The van der Waals surface area contributed by atoms with Crippen LogP contribution in [0.4, 0.5) is 0 Å². The Labute approximate surface area is 71.0 Å². The Balaban J connectivity index is 2.86. The molecular weight excluding hydrogens is 160 g/mol. The summed E-state index contributed by atoms with van der Waals surface area (Å²) in [5.41, 5.74) is 1.03. The smallest absolute Gasteiger partial charge is 0.122 e. The lowest BCUT2D eigenvalue weighted by molar-refractivity contribution is 0.180. The summed E-state index contributed by atoms with van der Waals surface area (Å²) < 4.78 is 7.69. The zero-order valence-electron chi connectivity index (χ0n) is 6.76. The number of aryl methyl sites for hydroxylation is 1. The van der Waals surface area contributed by atoms with Gasteiger partial charge in [0.05, 0.1) is 12.3 Å². The molecule has 1 N–H and O–H groups in total. The van der Waals surface area contributed by atoms with E-state index >= 15 is 0 Å². The van der Waals surface area contributed by atoms with Gasteiger partial charge in [-0.25, -0.2) is 0 Å². The van der Waals surface area contributed by atoms with Gasteiger partial charge in [0.25, 0.3) is 0 Å². The standard InChI is InChI=1S/C7H12N2OS/c1-3-9-7(11)4-6(8-9)5-10-2/h4,8H,3,5H2,1-2H3. The molecule has 1 heterocycles. The first-order valence-corrected chi connectivity index (χ1v) is 3.96. The number of aromatic nitrogens is 2. The quantitative estimate of drug-likeness (QED) is 0.703. The highest BCUT2D eigenvalue weighted by Crippen LogP contribution is 1.99. The van der Waals surface area contributed by atoms with Crippen molar-refractivity contribution >= 4 is 12.2 Å². The van der Waals surface area contributed by atoms with E-state index in [1.54, 1.807) is 7.11 Å². The average Bonchev–Trinajstić information content (AvgIpc) is 2.32. The first-order valence-electron chi connectivity index (χ1n) is 3.55. The number of nitrogens with one attached hydrogen (secondary N) is 1. The van der Waals surface area contributed by atoms with Crippen LogP contribution < -0.4 is 0 Å². The highest BCUT2D eigenvalue weighted by atomic mass is 32.1. The zero-order valence-corrected chi connectivity index (χ0v) is 7.57. The fourth-order valence-electron chi connectivity index (χ4n) is 0.952. The number of rotatable bonds is 3. The number of ether oxygens (including phenoxy) is 1. The SMILES string of the molecule is CCn1[nH]c(COC)cc1=S. The van der Waals surface area contributed by atoms with E-state index in [0.717, 1.165) is 16.9 Å². The maximum atomic E-state index is 5.06. The van der Waals surface area contributed by atoms with Crippen molar-refractivity contribution in [1.82, 2.24) is 9.78 Å². The molecule has 0 aliphatic heterocycles. The highest BCUT2D eigenvalue weighted by Gasteiger charge is 1.96. The maximum absolute atomic E-state index is 5.06. The molecular formula is C7H12N2OS. The normalized spacial score (nSPS) is 10.4. The lowest BCUT2D eigenvalue weighted by Crippen LogP contribution is -1.97. The van der Waals surface area contributed by atoms with E-state index in [9.17, 15) is 0 Å². The molecule has 0 fully saturated rings. The number of hydrogen-bond donors (Lipinski definition) is 1. The first-order chi connectivity index (χ1) is 5.27. The minimum Gasteiger partial charge on any atom is -0.378 e. The molecule has 0 unspecified atom stereocenters. The van der Waals surface area contributed by atoms with Gasteiger partial charge in [-0.05, 0) is 13.0 Å². The summed E-state index contributed by atoms with van der Waals surface area (Å²) in [6.45, 7) is 3.52. The third-order valence-electron chi connectivity index (χ3n) is 1.46. The molecule has 0 aromatic carbocycles. The van der Waals surface area contributed by atoms with Crippen molar-refractivity contribution in [3.8, 4) is 0 Å². The van der Waals surface area contributed by atoms with E-state index in [1.807, 2.05) is 17.7 Å². The molecule has 0 amide bonds. The molecule has 3 nitrogen and oxygen atoms in total. The van der Waals surface area contributed by atoms with Crippen molar-refractivity contribution in [2.75, 3.05) is 7.11 Å². The van der Waals surface area contributed by atoms with Crippen LogP contribution in [0.1, 0.15) is 12.6 Å². The average molecular weight is 172 g/mol. The molecule has 1 aromatic heterocycles. The lowest BCUT2D eigenvalue weighted by Gasteiger charge is -1.96. The van der Waals surface area contributed by atoms with Crippen molar-refractivity contribution in [3.05, 3.63) is 16.4 Å². The molecule has 0 saturated carbocycles. The molecule has 0 spiro atoms. The summed E-state index contributed by atoms with van der Waals surface area (Å²) in [6.07, 6.45) is 0. The maximum Gasteiger partial charge on any atom is 0.122 e. The summed E-state index contributed by atoms with van der Waals surface area (Å²) in [7, 11) is 1.67. The van der Waals surface area contributed by atoms with Crippen molar-refractivity contribution in [3.63, 3.8) is 0 Å². The van der Waals surface area contributed by atoms with Gasteiger partial charge in [0.2, 0.25) is 0 Å². The molecule has 0 bridgehead atoms. The van der Waals surface area contributed by atoms with E-state index in [-0.39, 0.29) is 0 Å². The second kappa shape index (κ2) is 3.69. The summed E-state index contributed by atoms with van der Waals surface area (Å²) >= 11 is 5.06. The van der Waals surface area contributed by atoms with Crippen molar-refractivity contribution in [1.29, 1.82) is 0 Å². The van der Waals surface area contributed by atoms with Gasteiger partial charge in [0, 0.05) is 13.7 Å². The zero-order chi connectivity index (χ0) is 8.27. The molecule has 1 aromatic rings. The molecule has 1 rings (SSSR count). The Bertz CT molecular complexity index is 276. The monoisotopic (exact) mass is 172 g/mol. The van der Waals surface area contributed by atoms with Gasteiger partial charge in [0.15, 0.2) is 0 Å². The fraction of sp³-hybridized carbons (Fsp3) is 0.571. The van der Waals surface area contributed by atoms with Crippen molar-refractivity contribution in [2.45, 2.75) is 20.1 Å². The van der Waals surface area contributed by atoms with Gasteiger partial charge in [-0.15, -0.1) is 0 Å². The second-order valence-electron chi connectivity index (χ2n) is 2.30. The van der Waals surface area contributed by atoms with Crippen LogP contribution in [0.5, 0.6) is 0 Å². The minimum atomic E-state index is 0.594. The van der Waals surface area contributed by atoms with Crippen molar-refractivity contribution in [2.24, 2.45) is 0 Å². The van der Waals surface area contributed by atoms with Crippen LogP contribution in [0.3, 0.4) is 0 Å².